The second-order valence-electron chi connectivity index (χ2n) is 10.1. The van der Waals surface area contributed by atoms with Crippen LogP contribution in [0, 0.1) is 17.8 Å². The van der Waals surface area contributed by atoms with E-state index in [4.69, 9.17) is 16.3 Å². The highest BCUT2D eigenvalue weighted by Gasteiger charge is 2.40. The zero-order valence-electron chi connectivity index (χ0n) is 19.3. The Labute approximate surface area is 167 Å². The van der Waals surface area contributed by atoms with Crippen molar-refractivity contribution in [2.45, 2.75) is 98.8 Å². The standard InChI is InChI=1S/C21H46N4O2/c1-15(2)12-21(9,27-19(26)25(23)20(6,7)8)18(11-10-17(5)22)14-24-13-16(3)4/h15-18,24H,10-14,22-23H2,1-9H3/t17-,18?,21-/m1/s1. The van der Waals surface area contributed by atoms with Gasteiger partial charge in [0.2, 0.25) is 0 Å². The normalized spacial score (nSPS) is 16.9. The monoisotopic (exact) mass is 386 g/mol. The highest BCUT2D eigenvalue weighted by molar-refractivity contribution is 5.68. The topological polar surface area (TPSA) is 93.6 Å². The Morgan fingerprint density at radius 1 is 1.00 bits per heavy atom. The van der Waals surface area contributed by atoms with Crippen LogP contribution in [0.1, 0.15) is 81.6 Å². The molecule has 0 rings (SSSR count). The molecule has 0 bridgehead atoms. The van der Waals surface area contributed by atoms with Crippen molar-refractivity contribution in [2.75, 3.05) is 13.1 Å². The molecule has 0 aliphatic rings. The van der Waals surface area contributed by atoms with Crippen LogP contribution in [0.5, 0.6) is 0 Å². The minimum absolute atomic E-state index is 0.122. The minimum atomic E-state index is -0.604. The molecule has 0 aromatic heterocycles. The predicted octanol–water partition coefficient (Wildman–Crippen LogP) is 3.89. The number of amides is 1. The van der Waals surface area contributed by atoms with Gasteiger partial charge in [0.1, 0.15) is 5.60 Å². The third-order valence-electron chi connectivity index (χ3n) is 4.83. The van der Waals surface area contributed by atoms with Crippen molar-refractivity contribution in [3.05, 3.63) is 0 Å². The summed E-state index contributed by atoms with van der Waals surface area (Å²) in [7, 11) is 0. The van der Waals surface area contributed by atoms with Crippen LogP contribution >= 0.6 is 0 Å². The molecular formula is C21H46N4O2. The van der Waals surface area contributed by atoms with Crippen LogP contribution in [-0.4, -0.2) is 41.4 Å². The third-order valence-corrected chi connectivity index (χ3v) is 4.83. The number of hydrogen-bond donors (Lipinski definition) is 3. The molecule has 0 aromatic carbocycles. The molecule has 0 aromatic rings. The van der Waals surface area contributed by atoms with Crippen molar-refractivity contribution in [3.63, 3.8) is 0 Å². The molecule has 0 spiro atoms. The average molecular weight is 387 g/mol. The van der Waals surface area contributed by atoms with E-state index in [2.05, 4.69) is 33.0 Å². The number of rotatable bonds is 11. The molecule has 0 radical (unpaired) electrons. The summed E-state index contributed by atoms with van der Waals surface area (Å²) in [5, 5.41) is 4.73. The third kappa shape index (κ3) is 10.3. The Morgan fingerprint density at radius 3 is 1.96 bits per heavy atom. The molecule has 6 heteroatoms. The summed E-state index contributed by atoms with van der Waals surface area (Å²) in [6, 6.07) is 0.122. The van der Waals surface area contributed by atoms with Gasteiger partial charge in [-0.1, -0.05) is 27.7 Å². The van der Waals surface area contributed by atoms with E-state index in [1.807, 2.05) is 34.6 Å². The first-order chi connectivity index (χ1) is 12.2. The van der Waals surface area contributed by atoms with Gasteiger partial charge in [-0.25, -0.2) is 15.6 Å². The van der Waals surface area contributed by atoms with Gasteiger partial charge in [-0.15, -0.1) is 0 Å². The molecule has 3 atom stereocenters. The number of nitrogens with one attached hydrogen (secondary N) is 1. The first-order valence-electron chi connectivity index (χ1n) is 10.4. The van der Waals surface area contributed by atoms with Gasteiger partial charge in [-0.05, 0) is 72.3 Å². The van der Waals surface area contributed by atoms with Crippen molar-refractivity contribution in [1.82, 2.24) is 10.3 Å². The number of carbonyl (C=O) groups is 1. The summed E-state index contributed by atoms with van der Waals surface area (Å²) in [6.45, 7) is 20.2. The van der Waals surface area contributed by atoms with Crippen LogP contribution in [0.15, 0.2) is 0 Å². The molecule has 0 aliphatic carbocycles. The number of nitrogens with zero attached hydrogens (tertiary/aromatic N) is 1. The summed E-state index contributed by atoms with van der Waals surface area (Å²) in [5.74, 6) is 7.15. The number of hydrazine groups is 1. The number of carbonyl (C=O) groups excluding carboxylic acids is 1. The highest BCUT2D eigenvalue weighted by atomic mass is 16.6. The summed E-state index contributed by atoms with van der Waals surface area (Å²) in [5.41, 5.74) is 4.92. The lowest BCUT2D eigenvalue weighted by Gasteiger charge is -2.41. The van der Waals surface area contributed by atoms with Gasteiger partial charge in [0.25, 0.3) is 0 Å². The molecule has 0 heterocycles. The molecule has 0 fully saturated rings. The second kappa shape index (κ2) is 11.2. The zero-order valence-corrected chi connectivity index (χ0v) is 19.3. The van der Waals surface area contributed by atoms with Gasteiger partial charge >= 0.3 is 6.09 Å². The summed E-state index contributed by atoms with van der Waals surface area (Å²) >= 11 is 0. The minimum Gasteiger partial charge on any atom is -0.442 e. The van der Waals surface area contributed by atoms with Crippen LogP contribution in [0.3, 0.4) is 0 Å². The Bertz CT molecular complexity index is 432. The van der Waals surface area contributed by atoms with Gasteiger partial charge in [-0.2, -0.15) is 0 Å². The van der Waals surface area contributed by atoms with Gasteiger partial charge in [-0.3, -0.25) is 0 Å². The van der Waals surface area contributed by atoms with Crippen molar-refractivity contribution < 1.29 is 9.53 Å². The Balaban J connectivity index is 5.48. The van der Waals surface area contributed by atoms with Gasteiger partial charge < -0.3 is 15.8 Å². The number of hydrogen-bond acceptors (Lipinski definition) is 5. The molecule has 1 amide bonds. The number of nitrogens with two attached hydrogens (primary N) is 2. The lowest BCUT2D eigenvalue weighted by molar-refractivity contribution is -0.0614. The maximum Gasteiger partial charge on any atom is 0.425 e. The fraction of sp³-hybridized carbons (Fsp3) is 0.952. The van der Waals surface area contributed by atoms with Crippen LogP contribution in [0.4, 0.5) is 4.79 Å². The average Bonchev–Trinajstić information content (AvgIpc) is 2.47. The highest BCUT2D eigenvalue weighted by Crippen LogP contribution is 2.33. The van der Waals surface area contributed by atoms with Crippen molar-refractivity contribution in [3.8, 4) is 0 Å². The van der Waals surface area contributed by atoms with E-state index < -0.39 is 17.2 Å². The largest absolute Gasteiger partial charge is 0.442 e. The molecule has 162 valence electrons. The maximum atomic E-state index is 12.7. The van der Waals surface area contributed by atoms with Crippen LogP contribution in [0.25, 0.3) is 0 Å². The van der Waals surface area contributed by atoms with Gasteiger partial charge in [0.05, 0.1) is 5.54 Å². The molecule has 1 unspecified atom stereocenters. The quantitative estimate of drug-likeness (QED) is 0.284. The molecule has 0 saturated heterocycles. The number of ether oxygens (including phenoxy) is 1. The smallest absolute Gasteiger partial charge is 0.425 e. The van der Waals surface area contributed by atoms with Crippen LogP contribution in [-0.2, 0) is 4.74 Å². The van der Waals surface area contributed by atoms with Crippen molar-refractivity contribution >= 4 is 6.09 Å². The van der Waals surface area contributed by atoms with Crippen LogP contribution in [0.2, 0.25) is 0 Å². The Morgan fingerprint density at radius 2 is 1.56 bits per heavy atom. The Kier molecular flexibility index (Phi) is 10.9. The van der Waals surface area contributed by atoms with Gasteiger partial charge in [0, 0.05) is 18.5 Å². The Hall–Kier alpha value is -0.850. The van der Waals surface area contributed by atoms with E-state index in [-0.39, 0.29) is 12.0 Å². The van der Waals surface area contributed by atoms with E-state index in [1.54, 1.807) is 0 Å². The van der Waals surface area contributed by atoms with E-state index in [0.29, 0.717) is 11.8 Å². The second-order valence-corrected chi connectivity index (χ2v) is 10.1. The molecule has 0 aliphatic heterocycles. The molecule has 5 N–H and O–H groups in total. The van der Waals surface area contributed by atoms with Crippen molar-refractivity contribution in [1.29, 1.82) is 0 Å². The molecular weight excluding hydrogens is 340 g/mol. The maximum absolute atomic E-state index is 12.7. The first kappa shape index (κ1) is 26.1. The van der Waals surface area contributed by atoms with Crippen LogP contribution < -0.4 is 16.9 Å². The predicted molar refractivity (Wildman–Crippen MR) is 114 cm³/mol. The SMILES string of the molecule is CC(C)CNCC(CC[C@@H](C)N)[C@@](C)(CC(C)C)OC(=O)N(N)C(C)(C)C. The summed E-state index contributed by atoms with van der Waals surface area (Å²) in [6.07, 6.45) is 2.11. The van der Waals surface area contributed by atoms with E-state index in [1.165, 1.54) is 5.01 Å². The molecule has 6 nitrogen and oxygen atoms in total. The fourth-order valence-corrected chi connectivity index (χ4v) is 3.26. The van der Waals surface area contributed by atoms with Crippen molar-refractivity contribution in [2.24, 2.45) is 29.3 Å². The summed E-state index contributed by atoms with van der Waals surface area (Å²) in [4.78, 5) is 12.7. The lowest BCUT2D eigenvalue weighted by atomic mass is 9.79. The molecule has 0 saturated carbocycles. The fourth-order valence-electron chi connectivity index (χ4n) is 3.26. The van der Waals surface area contributed by atoms with E-state index >= 15 is 0 Å². The van der Waals surface area contributed by atoms with E-state index in [9.17, 15) is 4.79 Å². The summed E-state index contributed by atoms with van der Waals surface area (Å²) < 4.78 is 6.07. The van der Waals surface area contributed by atoms with E-state index in [0.717, 1.165) is 32.4 Å². The molecule has 27 heavy (non-hydrogen) atoms. The lowest BCUT2D eigenvalue weighted by Crippen LogP contribution is -2.55. The first-order valence-corrected chi connectivity index (χ1v) is 10.4. The van der Waals surface area contributed by atoms with Gasteiger partial charge in [0.15, 0.2) is 0 Å². The zero-order chi connectivity index (χ0) is 21.4.